The highest BCUT2D eigenvalue weighted by Gasteiger charge is 2.15. The van der Waals surface area contributed by atoms with Crippen molar-refractivity contribution >= 4 is 12.0 Å². The molecule has 0 spiro atoms. The zero-order valence-electron chi connectivity index (χ0n) is 12.8. The number of benzene rings is 1. The lowest BCUT2D eigenvalue weighted by atomic mass is 10.0. The van der Waals surface area contributed by atoms with Gasteiger partial charge in [-0.2, -0.15) is 0 Å². The highest BCUT2D eigenvalue weighted by Crippen LogP contribution is 2.06. The van der Waals surface area contributed by atoms with Crippen molar-refractivity contribution in [1.29, 1.82) is 0 Å². The smallest absolute Gasteiger partial charge is 0.244 e. The molecule has 0 fully saturated rings. The molecule has 2 unspecified atom stereocenters. The number of amides is 1. The number of aromatic nitrogens is 1. The topological polar surface area (TPSA) is 62.2 Å². The molecule has 1 aromatic heterocycles. The van der Waals surface area contributed by atoms with E-state index >= 15 is 0 Å². The van der Waals surface area contributed by atoms with Crippen molar-refractivity contribution in [2.45, 2.75) is 25.5 Å². The Bertz CT molecular complexity index is 674. The van der Waals surface area contributed by atoms with Crippen molar-refractivity contribution in [1.82, 2.24) is 10.3 Å². The number of nitrogens with one attached hydrogen (secondary N) is 1. The van der Waals surface area contributed by atoms with E-state index in [1.54, 1.807) is 6.92 Å². The lowest BCUT2D eigenvalue weighted by Gasteiger charge is -2.19. The Morgan fingerprint density at radius 2 is 2.09 bits per heavy atom. The Morgan fingerprint density at radius 3 is 2.78 bits per heavy atom. The fourth-order valence-electron chi connectivity index (χ4n) is 2.09. The van der Waals surface area contributed by atoms with Crippen molar-refractivity contribution < 1.29 is 14.3 Å². The molecule has 0 aliphatic rings. The quantitative estimate of drug-likeness (QED) is 0.805. The molecule has 1 amide bonds. The van der Waals surface area contributed by atoms with Gasteiger partial charge in [-0.15, -0.1) is 0 Å². The second kappa shape index (κ2) is 8.19. The van der Waals surface area contributed by atoms with Crippen LogP contribution in [-0.2, 0) is 11.2 Å². The molecule has 5 heteroatoms. The van der Waals surface area contributed by atoms with Gasteiger partial charge in [0.05, 0.1) is 18.3 Å². The number of carbonyl (C=O) groups is 1. The minimum Gasteiger partial charge on any atom is -0.391 e. The number of rotatable bonds is 6. The zero-order chi connectivity index (χ0) is 16.7. The number of aliphatic hydroxyl groups is 1. The van der Waals surface area contributed by atoms with Crippen LogP contribution in [0, 0.1) is 5.82 Å². The Morgan fingerprint density at radius 1 is 1.35 bits per heavy atom. The summed E-state index contributed by atoms with van der Waals surface area (Å²) in [7, 11) is 0. The van der Waals surface area contributed by atoms with E-state index in [9.17, 15) is 14.3 Å². The van der Waals surface area contributed by atoms with Gasteiger partial charge in [0, 0.05) is 18.7 Å². The van der Waals surface area contributed by atoms with Crippen LogP contribution in [0.5, 0.6) is 0 Å². The van der Waals surface area contributed by atoms with Crippen LogP contribution in [-0.4, -0.2) is 28.1 Å². The van der Waals surface area contributed by atoms with Gasteiger partial charge in [-0.05, 0) is 30.2 Å². The molecule has 23 heavy (non-hydrogen) atoms. The lowest BCUT2D eigenvalue weighted by Crippen LogP contribution is -2.41. The fraction of sp³-hybridized carbons (Fsp3) is 0.222. The highest BCUT2D eigenvalue weighted by atomic mass is 19.1. The number of nitrogens with zero attached hydrogens (tertiary/aromatic N) is 1. The molecular weight excluding hydrogens is 295 g/mol. The van der Waals surface area contributed by atoms with Crippen molar-refractivity contribution in [3.05, 3.63) is 71.8 Å². The number of hydrogen-bond donors (Lipinski definition) is 2. The molecule has 0 aliphatic carbocycles. The average Bonchev–Trinajstić information content (AvgIpc) is 2.54. The molecular formula is C18H19FN2O2. The number of halogens is 1. The number of hydrogen-bond acceptors (Lipinski definition) is 3. The van der Waals surface area contributed by atoms with E-state index in [-0.39, 0.29) is 5.91 Å². The van der Waals surface area contributed by atoms with Gasteiger partial charge in [0.2, 0.25) is 5.91 Å². The summed E-state index contributed by atoms with van der Waals surface area (Å²) in [5.41, 5.74) is 1.50. The summed E-state index contributed by atoms with van der Waals surface area (Å²) >= 11 is 0. The van der Waals surface area contributed by atoms with Crippen LogP contribution in [0.1, 0.15) is 18.1 Å². The molecule has 1 heterocycles. The zero-order valence-corrected chi connectivity index (χ0v) is 12.8. The minimum atomic E-state index is -0.689. The number of carbonyl (C=O) groups excluding carboxylic acids is 1. The first-order valence-corrected chi connectivity index (χ1v) is 7.35. The summed E-state index contributed by atoms with van der Waals surface area (Å²) in [6.07, 6.45) is 5.09. The van der Waals surface area contributed by atoms with Crippen LogP contribution in [0.3, 0.4) is 0 Å². The van der Waals surface area contributed by atoms with E-state index in [1.807, 2.05) is 30.3 Å². The summed E-state index contributed by atoms with van der Waals surface area (Å²) in [4.78, 5) is 15.5. The van der Waals surface area contributed by atoms with Crippen LogP contribution < -0.4 is 5.32 Å². The first-order chi connectivity index (χ1) is 11.0. The van der Waals surface area contributed by atoms with E-state index in [1.165, 1.54) is 24.4 Å². The van der Waals surface area contributed by atoms with Crippen LogP contribution in [0.15, 0.2) is 54.9 Å². The van der Waals surface area contributed by atoms with E-state index in [4.69, 9.17) is 0 Å². The molecule has 2 aromatic rings. The molecule has 0 saturated carbocycles. The van der Waals surface area contributed by atoms with Crippen molar-refractivity contribution in [2.24, 2.45) is 0 Å². The van der Waals surface area contributed by atoms with Gasteiger partial charge in [0.25, 0.3) is 0 Å². The number of pyridine rings is 1. The third-order valence-corrected chi connectivity index (χ3v) is 3.39. The highest BCUT2D eigenvalue weighted by molar-refractivity contribution is 5.91. The van der Waals surface area contributed by atoms with Gasteiger partial charge in [-0.1, -0.05) is 30.3 Å². The molecule has 0 saturated heterocycles. The first kappa shape index (κ1) is 16.8. The SMILES string of the molecule is CC(NC(=O)/C=C/c1cncc(F)c1)C(O)Cc1ccccc1. The van der Waals surface area contributed by atoms with Crippen LogP contribution in [0.4, 0.5) is 4.39 Å². The average molecular weight is 314 g/mol. The van der Waals surface area contributed by atoms with Crippen LogP contribution >= 0.6 is 0 Å². The maximum atomic E-state index is 13.0. The number of aliphatic hydroxyl groups excluding tert-OH is 1. The summed E-state index contributed by atoms with van der Waals surface area (Å²) in [6, 6.07) is 10.4. The van der Waals surface area contributed by atoms with Gasteiger partial charge in [0.1, 0.15) is 5.82 Å². The van der Waals surface area contributed by atoms with E-state index < -0.39 is 18.0 Å². The van der Waals surface area contributed by atoms with E-state index in [0.717, 1.165) is 11.8 Å². The summed E-state index contributed by atoms with van der Waals surface area (Å²) in [5, 5.41) is 12.8. The minimum absolute atomic E-state index is 0.353. The first-order valence-electron chi connectivity index (χ1n) is 7.35. The molecule has 1 aromatic carbocycles. The lowest BCUT2D eigenvalue weighted by molar-refractivity contribution is -0.117. The van der Waals surface area contributed by atoms with E-state index in [0.29, 0.717) is 12.0 Å². The van der Waals surface area contributed by atoms with Gasteiger partial charge in [-0.3, -0.25) is 9.78 Å². The van der Waals surface area contributed by atoms with Crippen molar-refractivity contribution in [2.75, 3.05) is 0 Å². The summed E-state index contributed by atoms with van der Waals surface area (Å²) < 4.78 is 13.0. The molecule has 2 N–H and O–H groups in total. The van der Waals surface area contributed by atoms with Crippen LogP contribution in [0.2, 0.25) is 0 Å². The van der Waals surface area contributed by atoms with Gasteiger partial charge in [-0.25, -0.2) is 4.39 Å². The Labute approximate surface area is 134 Å². The molecule has 0 bridgehead atoms. The summed E-state index contributed by atoms with van der Waals surface area (Å²) in [5.74, 6) is -0.812. The Balaban J connectivity index is 1.86. The second-order valence-corrected chi connectivity index (χ2v) is 5.32. The van der Waals surface area contributed by atoms with Crippen LogP contribution in [0.25, 0.3) is 6.08 Å². The van der Waals surface area contributed by atoms with Crippen molar-refractivity contribution in [3.8, 4) is 0 Å². The third-order valence-electron chi connectivity index (χ3n) is 3.39. The monoisotopic (exact) mass is 314 g/mol. The van der Waals surface area contributed by atoms with E-state index in [2.05, 4.69) is 10.3 Å². The Hall–Kier alpha value is -2.53. The second-order valence-electron chi connectivity index (χ2n) is 5.32. The predicted octanol–water partition coefficient (Wildman–Crippen LogP) is 2.34. The van der Waals surface area contributed by atoms with Gasteiger partial charge in [0.15, 0.2) is 0 Å². The predicted molar refractivity (Wildman–Crippen MR) is 87.0 cm³/mol. The van der Waals surface area contributed by atoms with Gasteiger partial charge < -0.3 is 10.4 Å². The van der Waals surface area contributed by atoms with Gasteiger partial charge >= 0.3 is 0 Å². The molecule has 0 radical (unpaired) electrons. The standard InChI is InChI=1S/C18H19FN2O2/c1-13(17(22)10-14-5-3-2-4-6-14)21-18(23)8-7-15-9-16(19)12-20-11-15/h2-9,11-13,17,22H,10H2,1H3,(H,21,23)/b8-7+. The molecule has 2 rings (SSSR count). The maximum Gasteiger partial charge on any atom is 0.244 e. The molecule has 0 aliphatic heterocycles. The summed E-state index contributed by atoms with van der Waals surface area (Å²) in [6.45, 7) is 1.74. The normalized spacial score (nSPS) is 13.7. The largest absolute Gasteiger partial charge is 0.391 e. The third kappa shape index (κ3) is 5.64. The Kier molecular flexibility index (Phi) is 6.00. The maximum absolute atomic E-state index is 13.0. The molecule has 120 valence electrons. The molecule has 2 atom stereocenters. The fourth-order valence-corrected chi connectivity index (χ4v) is 2.09. The van der Waals surface area contributed by atoms with Crippen molar-refractivity contribution in [3.63, 3.8) is 0 Å². The molecule has 4 nitrogen and oxygen atoms in total.